The predicted molar refractivity (Wildman–Crippen MR) is 89.2 cm³/mol. The number of hydrogen-bond acceptors (Lipinski definition) is 8. The van der Waals surface area contributed by atoms with Crippen LogP contribution in [-0.2, 0) is 4.74 Å². The molecule has 2 aromatic rings. The van der Waals surface area contributed by atoms with Gasteiger partial charge < -0.3 is 9.64 Å². The average molecular weight is 362 g/mol. The van der Waals surface area contributed by atoms with Crippen LogP contribution in [-0.4, -0.2) is 47.1 Å². The summed E-state index contributed by atoms with van der Waals surface area (Å²) in [4.78, 5) is 31.7. The number of hydrogen-bond donors (Lipinski definition) is 2. The molecule has 1 aliphatic heterocycles. The Labute approximate surface area is 147 Å². The monoisotopic (exact) mass is 362 g/mol. The number of rotatable bonds is 5. The third-order valence-corrected chi connectivity index (χ3v) is 3.66. The summed E-state index contributed by atoms with van der Waals surface area (Å²) < 4.78 is 19.2. The second kappa shape index (κ2) is 7.70. The van der Waals surface area contributed by atoms with Gasteiger partial charge in [0.15, 0.2) is 11.6 Å². The van der Waals surface area contributed by atoms with Gasteiger partial charge >= 0.3 is 0 Å². The van der Waals surface area contributed by atoms with Gasteiger partial charge in [0.05, 0.1) is 24.3 Å². The van der Waals surface area contributed by atoms with Crippen molar-refractivity contribution >= 4 is 23.4 Å². The molecule has 0 aliphatic carbocycles. The number of carbonyl (C=O) groups excluding carboxylic acids is 1. The van der Waals surface area contributed by atoms with Crippen LogP contribution in [0.3, 0.4) is 0 Å². The first-order chi connectivity index (χ1) is 12.5. The molecule has 1 aromatic carbocycles. The summed E-state index contributed by atoms with van der Waals surface area (Å²) >= 11 is 0. The third-order valence-electron chi connectivity index (χ3n) is 3.66. The molecule has 1 aromatic heterocycles. The Balaban J connectivity index is 1.65. The van der Waals surface area contributed by atoms with Crippen LogP contribution in [0.4, 0.5) is 21.8 Å². The molecule has 3 rings (SSSR count). The molecule has 0 bridgehead atoms. The Morgan fingerprint density at radius 3 is 2.62 bits per heavy atom. The predicted octanol–water partition coefficient (Wildman–Crippen LogP) is 1.12. The number of morpholine rings is 1. The molecule has 0 radical (unpaired) electrons. The number of nitro benzene ring substituents is 1. The van der Waals surface area contributed by atoms with Crippen molar-refractivity contribution in [2.75, 3.05) is 36.6 Å². The maximum absolute atomic E-state index is 13.9. The van der Waals surface area contributed by atoms with Gasteiger partial charge in [0.25, 0.3) is 11.6 Å². The fraction of sp³-hybridized carbons (Fsp3) is 0.267. The second-order valence-electron chi connectivity index (χ2n) is 5.35. The largest absolute Gasteiger partial charge is 0.378 e. The summed E-state index contributed by atoms with van der Waals surface area (Å²) in [6.45, 7) is 1.96. The van der Waals surface area contributed by atoms with E-state index in [2.05, 4.69) is 20.8 Å². The van der Waals surface area contributed by atoms with Crippen molar-refractivity contribution in [3.05, 3.63) is 52.0 Å². The van der Waals surface area contributed by atoms with Gasteiger partial charge in [-0.15, -0.1) is 0 Å². The molecule has 0 saturated carbocycles. The van der Waals surface area contributed by atoms with E-state index >= 15 is 0 Å². The van der Waals surface area contributed by atoms with E-state index in [0.717, 1.165) is 6.20 Å². The van der Waals surface area contributed by atoms with E-state index in [9.17, 15) is 19.3 Å². The highest BCUT2D eigenvalue weighted by atomic mass is 19.1. The fourth-order valence-corrected chi connectivity index (χ4v) is 2.33. The number of nitrogens with one attached hydrogen (secondary N) is 2. The molecule has 1 aliphatic rings. The van der Waals surface area contributed by atoms with Gasteiger partial charge in [-0.05, 0) is 12.1 Å². The highest BCUT2D eigenvalue weighted by Gasteiger charge is 2.18. The maximum Gasteiger partial charge on any atom is 0.269 e. The topological polar surface area (TPSA) is 123 Å². The lowest BCUT2D eigenvalue weighted by molar-refractivity contribution is -0.384. The van der Waals surface area contributed by atoms with Crippen molar-refractivity contribution in [3.8, 4) is 0 Å². The molecule has 0 unspecified atom stereocenters. The van der Waals surface area contributed by atoms with Gasteiger partial charge in [0.2, 0.25) is 5.95 Å². The third kappa shape index (κ3) is 4.00. The van der Waals surface area contributed by atoms with Gasteiger partial charge in [-0.25, -0.2) is 9.37 Å². The lowest BCUT2D eigenvalue weighted by Crippen LogP contribution is -2.38. The number of nitro groups is 1. The Hall–Kier alpha value is -3.34. The molecule has 2 N–H and O–H groups in total. The van der Waals surface area contributed by atoms with Crippen LogP contribution in [0, 0.1) is 15.9 Å². The van der Waals surface area contributed by atoms with Crippen LogP contribution in [0.15, 0.2) is 30.5 Å². The van der Waals surface area contributed by atoms with E-state index in [1.165, 1.54) is 24.3 Å². The van der Waals surface area contributed by atoms with E-state index in [0.29, 0.717) is 26.3 Å². The number of carbonyl (C=O) groups is 1. The van der Waals surface area contributed by atoms with E-state index < -0.39 is 16.6 Å². The van der Waals surface area contributed by atoms with E-state index in [4.69, 9.17) is 4.74 Å². The molecular formula is C15H15FN6O4. The number of ether oxygens (including phenoxy) is 1. The highest BCUT2D eigenvalue weighted by molar-refractivity contribution is 5.94. The van der Waals surface area contributed by atoms with Crippen LogP contribution in [0.1, 0.15) is 10.4 Å². The number of nitrogens with zero attached hydrogens (tertiary/aromatic N) is 4. The van der Waals surface area contributed by atoms with Gasteiger partial charge in [-0.2, -0.15) is 4.98 Å². The van der Waals surface area contributed by atoms with Crippen LogP contribution < -0.4 is 15.8 Å². The average Bonchev–Trinajstić information content (AvgIpc) is 2.68. The lowest BCUT2D eigenvalue weighted by Gasteiger charge is -2.28. The first-order valence-corrected chi connectivity index (χ1v) is 7.70. The highest BCUT2D eigenvalue weighted by Crippen LogP contribution is 2.18. The Morgan fingerprint density at radius 2 is 1.96 bits per heavy atom. The molecule has 1 saturated heterocycles. The molecule has 1 amide bonds. The normalized spacial score (nSPS) is 14.0. The molecule has 0 atom stereocenters. The van der Waals surface area contributed by atoms with Crippen LogP contribution >= 0.6 is 0 Å². The van der Waals surface area contributed by atoms with Gasteiger partial charge in [-0.1, -0.05) is 0 Å². The number of aromatic nitrogens is 2. The SMILES string of the molecule is O=C(NNc1ncc(F)c(N2CCOCC2)n1)c1ccc([N+](=O)[O-])cc1. The van der Waals surface area contributed by atoms with Crippen molar-refractivity contribution in [3.63, 3.8) is 0 Å². The zero-order valence-corrected chi connectivity index (χ0v) is 13.5. The van der Waals surface area contributed by atoms with Gasteiger partial charge in [0, 0.05) is 30.8 Å². The van der Waals surface area contributed by atoms with Crippen molar-refractivity contribution in [1.82, 2.24) is 15.4 Å². The second-order valence-corrected chi connectivity index (χ2v) is 5.35. The minimum absolute atomic E-state index is 0.0168. The fourth-order valence-electron chi connectivity index (χ4n) is 2.33. The summed E-state index contributed by atoms with van der Waals surface area (Å²) in [5.41, 5.74) is 4.96. The zero-order chi connectivity index (χ0) is 18.5. The first-order valence-electron chi connectivity index (χ1n) is 7.70. The lowest BCUT2D eigenvalue weighted by atomic mass is 10.2. The summed E-state index contributed by atoms with van der Waals surface area (Å²) in [5, 5.41) is 10.6. The van der Waals surface area contributed by atoms with Crippen molar-refractivity contribution in [1.29, 1.82) is 0 Å². The summed E-state index contributed by atoms with van der Waals surface area (Å²) in [5.74, 6) is -0.974. The maximum atomic E-state index is 13.9. The molecule has 11 heteroatoms. The molecule has 10 nitrogen and oxygen atoms in total. The Kier molecular flexibility index (Phi) is 5.17. The molecular weight excluding hydrogens is 347 g/mol. The number of benzene rings is 1. The van der Waals surface area contributed by atoms with Crippen molar-refractivity contribution < 1.29 is 18.8 Å². The minimum atomic E-state index is -0.570. The Bertz CT molecular complexity index is 810. The summed E-state index contributed by atoms with van der Waals surface area (Å²) in [6, 6.07) is 5.08. The number of anilines is 2. The van der Waals surface area contributed by atoms with E-state index in [-0.39, 0.29) is 23.0 Å². The molecule has 2 heterocycles. The quantitative estimate of drug-likeness (QED) is 0.599. The summed E-state index contributed by atoms with van der Waals surface area (Å²) in [7, 11) is 0. The zero-order valence-electron chi connectivity index (χ0n) is 13.5. The molecule has 26 heavy (non-hydrogen) atoms. The number of hydrazine groups is 1. The van der Waals surface area contributed by atoms with Gasteiger partial charge in [0.1, 0.15) is 0 Å². The van der Waals surface area contributed by atoms with Crippen LogP contribution in [0.25, 0.3) is 0 Å². The van der Waals surface area contributed by atoms with Gasteiger partial charge in [-0.3, -0.25) is 25.8 Å². The standard InChI is InChI=1S/C15H15FN6O4/c16-12-9-17-15(18-13(12)21-5-7-26-8-6-21)20-19-14(23)10-1-3-11(4-2-10)22(24)25/h1-4,9H,5-8H2,(H,19,23)(H,17,18,20). The van der Waals surface area contributed by atoms with Crippen molar-refractivity contribution in [2.45, 2.75) is 0 Å². The van der Waals surface area contributed by atoms with Crippen LogP contribution in [0.2, 0.25) is 0 Å². The number of amides is 1. The van der Waals surface area contributed by atoms with E-state index in [1.807, 2.05) is 0 Å². The summed E-state index contributed by atoms with van der Waals surface area (Å²) in [6.07, 6.45) is 1.01. The Morgan fingerprint density at radius 1 is 1.27 bits per heavy atom. The molecule has 1 fully saturated rings. The molecule has 0 spiro atoms. The van der Waals surface area contributed by atoms with Crippen LogP contribution in [0.5, 0.6) is 0 Å². The first kappa shape index (κ1) is 17.5. The molecule has 136 valence electrons. The number of halogens is 1. The van der Waals surface area contributed by atoms with Crippen molar-refractivity contribution in [2.24, 2.45) is 0 Å². The minimum Gasteiger partial charge on any atom is -0.378 e. The number of non-ortho nitro benzene ring substituents is 1. The smallest absolute Gasteiger partial charge is 0.269 e. The van der Waals surface area contributed by atoms with E-state index in [1.54, 1.807) is 4.90 Å².